The standard InChI is InChI=1S/C21H30FI/c1-4-5-6-7-11-17-14-20(23)21(22)19(17)13-12-18-15(2)9-8-10-16(18)3/h6-10,17,19-21H,4-5,11-14H2,1-3H3/b7-6-/t17-,19+,20?,21?/m0/s1. The fourth-order valence-corrected chi connectivity index (χ4v) is 5.08. The molecule has 2 unspecified atom stereocenters. The highest BCUT2D eigenvalue weighted by molar-refractivity contribution is 14.1. The van der Waals surface area contributed by atoms with Gasteiger partial charge in [0.2, 0.25) is 0 Å². The summed E-state index contributed by atoms with van der Waals surface area (Å²) < 4.78 is 14.9. The second-order valence-electron chi connectivity index (χ2n) is 7.02. The maximum atomic E-state index is 14.7. The largest absolute Gasteiger partial charge is 0.246 e. The topological polar surface area (TPSA) is 0 Å². The SMILES string of the molecule is CCC/C=C\C[C@H]1CC(I)C(F)[C@@H]1CCc1c(C)cccc1C. The number of halogens is 2. The van der Waals surface area contributed by atoms with Crippen LogP contribution in [-0.4, -0.2) is 10.1 Å². The maximum absolute atomic E-state index is 14.7. The zero-order valence-corrected chi connectivity index (χ0v) is 16.9. The summed E-state index contributed by atoms with van der Waals surface area (Å²) >= 11 is 2.33. The molecular weight excluding hydrogens is 398 g/mol. The molecule has 1 aliphatic rings. The van der Waals surface area contributed by atoms with E-state index in [1.54, 1.807) is 0 Å². The molecule has 0 aliphatic heterocycles. The number of aryl methyl sites for hydroxylation is 2. The van der Waals surface area contributed by atoms with E-state index in [0.717, 1.165) is 32.1 Å². The van der Waals surface area contributed by atoms with Gasteiger partial charge in [-0.1, -0.05) is 66.3 Å². The summed E-state index contributed by atoms with van der Waals surface area (Å²) in [7, 11) is 0. The molecule has 2 heteroatoms. The fraction of sp³-hybridized carbons (Fsp3) is 0.619. The molecule has 0 nitrogen and oxygen atoms in total. The van der Waals surface area contributed by atoms with Gasteiger partial charge in [0.15, 0.2) is 0 Å². The third kappa shape index (κ3) is 5.04. The minimum absolute atomic E-state index is 0.195. The van der Waals surface area contributed by atoms with Gasteiger partial charge in [-0.3, -0.25) is 0 Å². The molecular formula is C21H30FI. The third-order valence-corrected chi connectivity index (χ3v) is 6.52. The van der Waals surface area contributed by atoms with E-state index in [1.807, 2.05) is 0 Å². The predicted octanol–water partition coefficient (Wildman–Crippen LogP) is 6.76. The molecule has 1 fully saturated rings. The van der Waals surface area contributed by atoms with E-state index in [2.05, 4.69) is 73.7 Å². The summed E-state index contributed by atoms with van der Waals surface area (Å²) in [4.78, 5) is 0. The Morgan fingerprint density at radius 3 is 2.57 bits per heavy atom. The van der Waals surface area contributed by atoms with Crippen molar-refractivity contribution in [2.45, 2.75) is 69.4 Å². The van der Waals surface area contributed by atoms with Crippen molar-refractivity contribution in [3.8, 4) is 0 Å². The lowest BCUT2D eigenvalue weighted by molar-refractivity contribution is 0.223. The Balaban J connectivity index is 2.00. The van der Waals surface area contributed by atoms with Crippen LogP contribution >= 0.6 is 22.6 Å². The molecule has 0 heterocycles. The Morgan fingerprint density at radius 1 is 1.22 bits per heavy atom. The van der Waals surface area contributed by atoms with Gasteiger partial charge in [-0.2, -0.15) is 0 Å². The second kappa shape index (κ2) is 9.19. The first-order valence-electron chi connectivity index (χ1n) is 9.02. The van der Waals surface area contributed by atoms with Gasteiger partial charge in [-0.05, 0) is 74.5 Å². The molecule has 128 valence electrons. The van der Waals surface area contributed by atoms with Gasteiger partial charge in [-0.15, -0.1) is 0 Å². The average Bonchev–Trinajstić information content (AvgIpc) is 2.78. The lowest BCUT2D eigenvalue weighted by Crippen LogP contribution is -2.20. The normalized spacial score (nSPS) is 27.9. The Kier molecular flexibility index (Phi) is 7.58. The van der Waals surface area contributed by atoms with Crippen molar-refractivity contribution in [1.29, 1.82) is 0 Å². The maximum Gasteiger partial charge on any atom is 0.115 e. The van der Waals surface area contributed by atoms with Crippen molar-refractivity contribution in [2.24, 2.45) is 11.8 Å². The minimum Gasteiger partial charge on any atom is -0.246 e. The third-order valence-electron chi connectivity index (χ3n) is 5.32. The highest BCUT2D eigenvalue weighted by Gasteiger charge is 2.41. The van der Waals surface area contributed by atoms with Crippen molar-refractivity contribution in [3.63, 3.8) is 0 Å². The van der Waals surface area contributed by atoms with E-state index in [-0.39, 0.29) is 9.84 Å². The Labute approximate surface area is 155 Å². The molecule has 1 aromatic carbocycles. The van der Waals surface area contributed by atoms with Crippen LogP contribution in [0.15, 0.2) is 30.4 Å². The summed E-state index contributed by atoms with van der Waals surface area (Å²) in [6, 6.07) is 6.47. The van der Waals surface area contributed by atoms with E-state index in [9.17, 15) is 4.39 Å². The zero-order valence-electron chi connectivity index (χ0n) is 14.7. The highest BCUT2D eigenvalue weighted by atomic mass is 127. The highest BCUT2D eigenvalue weighted by Crippen LogP contribution is 2.43. The molecule has 0 amide bonds. The summed E-state index contributed by atoms with van der Waals surface area (Å²) in [6.07, 6.45) is 10.4. The summed E-state index contributed by atoms with van der Waals surface area (Å²) in [5.74, 6) is 0.742. The van der Waals surface area contributed by atoms with Gasteiger partial charge in [-0.25, -0.2) is 4.39 Å². The van der Waals surface area contributed by atoms with E-state index in [4.69, 9.17) is 0 Å². The molecule has 4 atom stereocenters. The molecule has 1 aromatic rings. The number of hydrogen-bond donors (Lipinski definition) is 0. The molecule has 2 rings (SSSR count). The van der Waals surface area contributed by atoms with E-state index < -0.39 is 6.17 Å². The van der Waals surface area contributed by atoms with Crippen LogP contribution in [0.3, 0.4) is 0 Å². The first-order chi connectivity index (χ1) is 11.0. The van der Waals surface area contributed by atoms with Crippen molar-refractivity contribution >= 4 is 22.6 Å². The van der Waals surface area contributed by atoms with Crippen LogP contribution in [0.1, 0.15) is 55.7 Å². The molecule has 0 radical (unpaired) electrons. The molecule has 0 N–H and O–H groups in total. The number of rotatable bonds is 7. The smallest absolute Gasteiger partial charge is 0.115 e. The summed E-state index contributed by atoms with van der Waals surface area (Å²) in [5, 5.41) is 0. The van der Waals surface area contributed by atoms with Gasteiger partial charge in [0.05, 0.1) is 0 Å². The summed E-state index contributed by atoms with van der Waals surface area (Å²) in [5.41, 5.74) is 4.13. The molecule has 1 saturated carbocycles. The van der Waals surface area contributed by atoms with Crippen LogP contribution in [0, 0.1) is 25.7 Å². The minimum atomic E-state index is -0.635. The Hall–Kier alpha value is -0.380. The molecule has 23 heavy (non-hydrogen) atoms. The van der Waals surface area contributed by atoms with Gasteiger partial charge >= 0.3 is 0 Å². The van der Waals surface area contributed by atoms with Crippen molar-refractivity contribution in [3.05, 3.63) is 47.0 Å². The van der Waals surface area contributed by atoms with Crippen LogP contribution in [0.4, 0.5) is 4.39 Å². The van der Waals surface area contributed by atoms with Gasteiger partial charge in [0, 0.05) is 3.92 Å². The average molecular weight is 428 g/mol. The number of alkyl halides is 2. The zero-order chi connectivity index (χ0) is 16.8. The number of unbranched alkanes of at least 4 members (excludes halogenated alkanes) is 1. The number of allylic oxidation sites excluding steroid dienone is 2. The Morgan fingerprint density at radius 2 is 1.91 bits per heavy atom. The van der Waals surface area contributed by atoms with Crippen molar-refractivity contribution in [2.75, 3.05) is 0 Å². The summed E-state index contributed by atoms with van der Waals surface area (Å²) in [6.45, 7) is 6.55. The Bertz CT molecular complexity index is 502. The molecule has 0 aromatic heterocycles. The second-order valence-corrected chi connectivity index (χ2v) is 8.62. The van der Waals surface area contributed by atoms with Crippen LogP contribution in [-0.2, 0) is 6.42 Å². The van der Waals surface area contributed by atoms with Crippen LogP contribution < -0.4 is 0 Å². The lowest BCUT2D eigenvalue weighted by Gasteiger charge is -2.21. The van der Waals surface area contributed by atoms with Gasteiger partial charge < -0.3 is 0 Å². The van der Waals surface area contributed by atoms with Crippen molar-refractivity contribution in [1.82, 2.24) is 0 Å². The van der Waals surface area contributed by atoms with Crippen LogP contribution in [0.5, 0.6) is 0 Å². The van der Waals surface area contributed by atoms with E-state index >= 15 is 0 Å². The van der Waals surface area contributed by atoms with E-state index in [1.165, 1.54) is 23.1 Å². The van der Waals surface area contributed by atoms with Gasteiger partial charge in [0.1, 0.15) is 6.17 Å². The molecule has 0 saturated heterocycles. The van der Waals surface area contributed by atoms with Crippen LogP contribution in [0.2, 0.25) is 0 Å². The van der Waals surface area contributed by atoms with Gasteiger partial charge in [0.25, 0.3) is 0 Å². The number of hydrogen-bond acceptors (Lipinski definition) is 0. The number of benzene rings is 1. The molecule has 0 spiro atoms. The van der Waals surface area contributed by atoms with Crippen LogP contribution in [0.25, 0.3) is 0 Å². The van der Waals surface area contributed by atoms with Crippen molar-refractivity contribution < 1.29 is 4.39 Å². The lowest BCUT2D eigenvalue weighted by atomic mass is 9.85. The molecule has 0 bridgehead atoms. The first-order valence-corrected chi connectivity index (χ1v) is 10.3. The quantitative estimate of drug-likeness (QED) is 0.256. The fourth-order valence-electron chi connectivity index (χ4n) is 3.90. The first kappa shape index (κ1) is 19.0. The van der Waals surface area contributed by atoms with E-state index in [0.29, 0.717) is 5.92 Å². The monoisotopic (exact) mass is 428 g/mol. The predicted molar refractivity (Wildman–Crippen MR) is 107 cm³/mol. The molecule has 1 aliphatic carbocycles.